The summed E-state index contributed by atoms with van der Waals surface area (Å²) in [5, 5.41) is 0. The van der Waals surface area contributed by atoms with Crippen LogP contribution in [0.4, 0.5) is 5.69 Å². The van der Waals surface area contributed by atoms with Crippen LogP contribution in [0.3, 0.4) is 0 Å². The molecule has 2 aliphatic heterocycles. The molecule has 6 nitrogen and oxygen atoms in total. The first kappa shape index (κ1) is 23.2. The van der Waals surface area contributed by atoms with Crippen molar-refractivity contribution >= 4 is 16.7 Å². The van der Waals surface area contributed by atoms with Gasteiger partial charge in [-0.25, -0.2) is 4.98 Å². The van der Waals surface area contributed by atoms with Gasteiger partial charge >= 0.3 is 0 Å². The van der Waals surface area contributed by atoms with Gasteiger partial charge in [-0.2, -0.15) is 0 Å². The maximum Gasteiger partial charge on any atom is 0.279 e. The van der Waals surface area contributed by atoms with E-state index in [1.165, 1.54) is 18.2 Å². The van der Waals surface area contributed by atoms with Crippen LogP contribution in [0.1, 0.15) is 38.1 Å². The molecule has 2 bridgehead atoms. The van der Waals surface area contributed by atoms with E-state index in [-0.39, 0.29) is 17.2 Å². The van der Waals surface area contributed by atoms with Crippen LogP contribution >= 0.6 is 0 Å². The number of nitrogens with zero attached hydrogens (tertiary/aromatic N) is 3. The first-order chi connectivity index (χ1) is 18.2. The highest BCUT2D eigenvalue weighted by Gasteiger charge is 2.39. The summed E-state index contributed by atoms with van der Waals surface area (Å²) in [6.07, 6.45) is 5.19. The second-order valence-electron chi connectivity index (χ2n) is 9.93. The van der Waals surface area contributed by atoms with Gasteiger partial charge in [-0.1, -0.05) is 60.7 Å². The van der Waals surface area contributed by atoms with Crippen molar-refractivity contribution in [1.82, 2.24) is 14.5 Å². The predicted octanol–water partition coefficient (Wildman–Crippen LogP) is 5.64. The summed E-state index contributed by atoms with van der Waals surface area (Å²) >= 11 is 0. The van der Waals surface area contributed by atoms with E-state index in [0.717, 1.165) is 36.7 Å². The zero-order valence-electron chi connectivity index (χ0n) is 20.7. The maximum absolute atomic E-state index is 14.0. The highest BCUT2D eigenvalue weighted by molar-refractivity contribution is 5.77. The maximum atomic E-state index is 14.0. The highest BCUT2D eigenvalue weighted by Crippen LogP contribution is 2.42. The van der Waals surface area contributed by atoms with Crippen LogP contribution < -0.4 is 16.0 Å². The van der Waals surface area contributed by atoms with E-state index in [2.05, 4.69) is 51.3 Å². The van der Waals surface area contributed by atoms with Gasteiger partial charge in [0, 0.05) is 29.9 Å². The minimum absolute atomic E-state index is 0.0589. The Balaban J connectivity index is 1.44. The van der Waals surface area contributed by atoms with Gasteiger partial charge in [-0.05, 0) is 62.4 Å². The molecule has 2 aliphatic rings. The van der Waals surface area contributed by atoms with Crippen LogP contribution in [0, 0.1) is 0 Å². The summed E-state index contributed by atoms with van der Waals surface area (Å²) < 4.78 is 1.95. The summed E-state index contributed by atoms with van der Waals surface area (Å²) in [7, 11) is 0. The van der Waals surface area contributed by atoms with E-state index < -0.39 is 0 Å². The quantitative estimate of drug-likeness (QED) is 0.404. The summed E-state index contributed by atoms with van der Waals surface area (Å²) in [5.74, 6) is 0. The van der Waals surface area contributed by atoms with Crippen molar-refractivity contribution in [3.05, 3.63) is 118 Å². The number of aromatic amines is 1. The van der Waals surface area contributed by atoms with Gasteiger partial charge in [-0.15, -0.1) is 0 Å². The molecule has 37 heavy (non-hydrogen) atoms. The van der Waals surface area contributed by atoms with E-state index >= 15 is 0 Å². The summed E-state index contributed by atoms with van der Waals surface area (Å²) in [6.45, 7) is 0. The van der Waals surface area contributed by atoms with Gasteiger partial charge in [0.1, 0.15) is 0 Å². The minimum Gasteiger partial charge on any atom is -0.365 e. The molecule has 0 aliphatic carbocycles. The number of fused-ring (bicyclic) bond motifs is 3. The molecule has 0 unspecified atom stereocenters. The van der Waals surface area contributed by atoms with Gasteiger partial charge in [0.2, 0.25) is 5.56 Å². The fraction of sp³-hybridized carbons (Fsp3) is 0.258. The summed E-state index contributed by atoms with van der Waals surface area (Å²) in [4.78, 5) is 36.1. The molecule has 2 fully saturated rings. The van der Waals surface area contributed by atoms with E-state index in [0.29, 0.717) is 23.5 Å². The standard InChI is InChI=1S/C31H30N4O2/c36-29-19-11-17-27(32-29)30-31(37)35(28-18-9-8-16-26(28)33-30)25-20-23-14-10-15-24(21-25)34(23)22-12-6-4-2-1-3-5-7-13-22/h1-9,11-13,16-19,23-25H,10,14-15,20-21H2,(H,32,36)/t23-,24+,25+. The number of hydrogen-bond acceptors (Lipinski definition) is 4. The number of aromatic nitrogens is 3. The monoisotopic (exact) mass is 490 g/mol. The molecule has 1 N–H and O–H groups in total. The van der Waals surface area contributed by atoms with E-state index in [4.69, 9.17) is 0 Å². The van der Waals surface area contributed by atoms with E-state index in [1.54, 1.807) is 12.1 Å². The molecular formula is C31H30N4O2. The van der Waals surface area contributed by atoms with Crippen molar-refractivity contribution < 1.29 is 0 Å². The lowest BCUT2D eigenvalue weighted by Gasteiger charge is -2.50. The lowest BCUT2D eigenvalue weighted by molar-refractivity contribution is 0.230. The molecule has 0 spiro atoms. The fourth-order valence-corrected chi connectivity index (χ4v) is 6.12. The zero-order valence-corrected chi connectivity index (χ0v) is 20.7. The molecule has 186 valence electrons. The van der Waals surface area contributed by atoms with Crippen molar-refractivity contribution in [2.24, 2.45) is 0 Å². The second kappa shape index (κ2) is 10.1. The van der Waals surface area contributed by atoms with Gasteiger partial charge in [-0.3, -0.25) is 9.59 Å². The van der Waals surface area contributed by atoms with Gasteiger partial charge in [0.05, 0.1) is 16.7 Å². The molecule has 2 aromatic heterocycles. The van der Waals surface area contributed by atoms with Crippen LogP contribution in [0.25, 0.3) is 22.4 Å². The average molecular weight is 491 g/mol. The number of anilines is 1. The van der Waals surface area contributed by atoms with Crippen molar-refractivity contribution in [3.8, 4) is 11.4 Å². The third-order valence-corrected chi connectivity index (χ3v) is 7.63. The lowest BCUT2D eigenvalue weighted by Crippen LogP contribution is -2.53. The fourth-order valence-electron chi connectivity index (χ4n) is 6.12. The lowest BCUT2D eigenvalue weighted by atomic mass is 9.81. The Hall–Kier alpha value is -4.19. The molecule has 3 atom stereocenters. The van der Waals surface area contributed by atoms with Crippen molar-refractivity contribution in [1.29, 1.82) is 0 Å². The van der Waals surface area contributed by atoms with Crippen LogP contribution in [0.2, 0.25) is 0 Å². The Morgan fingerprint density at radius 3 is 2.05 bits per heavy atom. The highest BCUT2D eigenvalue weighted by atomic mass is 16.1. The number of rotatable bonds is 3. The molecule has 0 radical (unpaired) electrons. The molecule has 2 aromatic carbocycles. The van der Waals surface area contributed by atoms with Gasteiger partial charge < -0.3 is 14.5 Å². The number of pyridine rings is 1. The molecule has 0 saturated carbocycles. The number of para-hydroxylation sites is 2. The molecule has 4 aromatic rings. The van der Waals surface area contributed by atoms with Gasteiger partial charge in [0.15, 0.2) is 5.69 Å². The van der Waals surface area contributed by atoms with Crippen molar-refractivity contribution in [2.75, 3.05) is 4.90 Å². The zero-order chi connectivity index (χ0) is 25.2. The first-order valence-electron chi connectivity index (χ1n) is 13.1. The summed E-state index contributed by atoms with van der Waals surface area (Å²) in [5.41, 5.74) is 3.20. The van der Waals surface area contributed by atoms with Crippen LogP contribution in [-0.4, -0.2) is 26.6 Å². The molecular weight excluding hydrogens is 460 g/mol. The smallest absolute Gasteiger partial charge is 0.279 e. The SMILES string of the molecule is O=c1cccc(-c2nc3ccccc3n([C@H]3C[C@H]4CCC[C@@H](C3)N4c3ccccccccc3)c2=O)[nH]1. The average Bonchev–Trinajstić information content (AvgIpc) is 2.90. The number of benzene rings is 1. The van der Waals surface area contributed by atoms with E-state index in [1.807, 2.05) is 47.0 Å². The second-order valence-corrected chi connectivity index (χ2v) is 9.93. The first-order valence-corrected chi connectivity index (χ1v) is 13.1. The largest absolute Gasteiger partial charge is 0.365 e. The Morgan fingerprint density at radius 1 is 0.703 bits per heavy atom. The Bertz CT molecular complexity index is 1570. The Morgan fingerprint density at radius 2 is 1.35 bits per heavy atom. The molecule has 0 amide bonds. The van der Waals surface area contributed by atoms with Crippen LogP contribution in [0.5, 0.6) is 0 Å². The van der Waals surface area contributed by atoms with E-state index in [9.17, 15) is 9.59 Å². The molecule has 2 saturated heterocycles. The topological polar surface area (TPSA) is 71.0 Å². The predicted molar refractivity (Wildman–Crippen MR) is 148 cm³/mol. The Labute approximate surface area is 215 Å². The Kier molecular flexibility index (Phi) is 6.31. The third-order valence-electron chi connectivity index (χ3n) is 7.63. The number of hydrogen-bond donors (Lipinski definition) is 1. The number of H-pyrrole nitrogens is 1. The number of piperidine rings is 2. The minimum atomic E-state index is -0.243. The normalized spacial score (nSPS) is 20.9. The van der Waals surface area contributed by atoms with Crippen LogP contribution in [-0.2, 0) is 0 Å². The van der Waals surface area contributed by atoms with Crippen molar-refractivity contribution in [2.45, 2.75) is 50.2 Å². The molecule has 6 heteroatoms. The third kappa shape index (κ3) is 4.55. The van der Waals surface area contributed by atoms with Crippen molar-refractivity contribution in [3.63, 3.8) is 0 Å². The molecule has 6 rings (SSSR count). The molecule has 4 heterocycles. The van der Waals surface area contributed by atoms with Crippen LogP contribution in [0.15, 0.2) is 107 Å². The number of nitrogens with one attached hydrogen (secondary N) is 1. The van der Waals surface area contributed by atoms with Gasteiger partial charge in [0.25, 0.3) is 5.56 Å². The summed E-state index contributed by atoms with van der Waals surface area (Å²) in [6, 6.07) is 32.3.